The number of methoxy groups -OCH3 is 1. The Hall–Kier alpha value is -2.92. The molecule has 1 atom stereocenters. The van der Waals surface area contributed by atoms with E-state index in [2.05, 4.69) is 21.2 Å². The molecule has 0 unspecified atom stereocenters. The SMILES string of the molecule is COC(=O)[C@H](NC(=O)c1cccc(Br)c1)C1c2ccccc2-c2ccccc21. The highest BCUT2D eigenvalue weighted by atomic mass is 79.9. The first-order valence-electron chi connectivity index (χ1n) is 8.92. The van der Waals surface area contributed by atoms with Crippen molar-refractivity contribution in [3.05, 3.63) is 94.0 Å². The Labute approximate surface area is 171 Å². The Kier molecular flexibility index (Phi) is 5.01. The standard InChI is InChI=1S/C23H18BrNO3/c1-28-23(27)21(25-22(26)14-7-6-8-15(24)13-14)20-18-11-4-2-9-16(18)17-10-3-5-12-19(17)20/h2-13,20-21H,1H3,(H,25,26)/t21-/m1/s1. The van der Waals surface area contributed by atoms with Crippen molar-refractivity contribution in [3.8, 4) is 11.1 Å². The Bertz CT molecular complexity index is 1020. The Balaban J connectivity index is 1.76. The molecule has 0 fully saturated rings. The lowest BCUT2D eigenvalue weighted by Gasteiger charge is -2.24. The lowest BCUT2D eigenvalue weighted by molar-refractivity contribution is -0.143. The summed E-state index contributed by atoms with van der Waals surface area (Å²) in [4.78, 5) is 25.6. The molecule has 140 valence electrons. The van der Waals surface area contributed by atoms with Crippen molar-refractivity contribution < 1.29 is 14.3 Å². The van der Waals surface area contributed by atoms with Crippen LogP contribution in [0.15, 0.2) is 77.3 Å². The molecule has 0 radical (unpaired) electrons. The summed E-state index contributed by atoms with van der Waals surface area (Å²) in [6.07, 6.45) is 0. The second-order valence-corrected chi connectivity index (χ2v) is 7.55. The number of ether oxygens (including phenoxy) is 1. The van der Waals surface area contributed by atoms with E-state index in [9.17, 15) is 9.59 Å². The van der Waals surface area contributed by atoms with Gasteiger partial charge in [0.1, 0.15) is 6.04 Å². The van der Waals surface area contributed by atoms with Crippen LogP contribution in [0.25, 0.3) is 11.1 Å². The van der Waals surface area contributed by atoms with E-state index < -0.39 is 12.0 Å². The van der Waals surface area contributed by atoms with Gasteiger partial charge < -0.3 is 10.1 Å². The molecule has 4 rings (SSSR count). The van der Waals surface area contributed by atoms with Crippen LogP contribution in [-0.2, 0) is 9.53 Å². The van der Waals surface area contributed by atoms with Gasteiger partial charge >= 0.3 is 5.97 Å². The molecule has 1 aliphatic carbocycles. The molecule has 0 bridgehead atoms. The van der Waals surface area contributed by atoms with Crippen molar-refractivity contribution in [2.75, 3.05) is 7.11 Å². The summed E-state index contributed by atoms with van der Waals surface area (Å²) in [5.74, 6) is -1.10. The van der Waals surface area contributed by atoms with Gasteiger partial charge in [-0.1, -0.05) is 70.5 Å². The molecule has 0 heterocycles. The summed E-state index contributed by atoms with van der Waals surface area (Å²) in [5, 5.41) is 2.90. The fourth-order valence-electron chi connectivity index (χ4n) is 3.81. The molecule has 0 saturated heterocycles. The number of hydrogen-bond acceptors (Lipinski definition) is 3. The van der Waals surface area contributed by atoms with E-state index in [1.165, 1.54) is 7.11 Å². The second kappa shape index (κ2) is 7.60. The summed E-state index contributed by atoms with van der Waals surface area (Å²) < 4.78 is 5.85. The van der Waals surface area contributed by atoms with E-state index in [-0.39, 0.29) is 11.8 Å². The lowest BCUT2D eigenvalue weighted by atomic mass is 9.89. The number of carbonyl (C=O) groups is 2. The summed E-state index contributed by atoms with van der Waals surface area (Å²) >= 11 is 3.38. The molecule has 1 amide bonds. The van der Waals surface area contributed by atoms with Gasteiger partial charge in [-0.05, 0) is 40.5 Å². The number of benzene rings is 3. The van der Waals surface area contributed by atoms with Crippen LogP contribution in [0, 0.1) is 0 Å². The van der Waals surface area contributed by atoms with E-state index in [1.807, 2.05) is 54.6 Å². The van der Waals surface area contributed by atoms with Crippen LogP contribution in [0.5, 0.6) is 0 Å². The number of esters is 1. The van der Waals surface area contributed by atoms with Gasteiger partial charge in [-0.2, -0.15) is 0 Å². The van der Waals surface area contributed by atoms with Crippen LogP contribution in [0.2, 0.25) is 0 Å². The fraction of sp³-hybridized carbons (Fsp3) is 0.130. The lowest BCUT2D eigenvalue weighted by Crippen LogP contribution is -2.45. The molecule has 4 nitrogen and oxygen atoms in total. The van der Waals surface area contributed by atoms with E-state index in [1.54, 1.807) is 18.2 Å². The molecule has 1 aliphatic rings. The maximum atomic E-state index is 12.9. The van der Waals surface area contributed by atoms with E-state index in [0.29, 0.717) is 5.56 Å². The first-order chi connectivity index (χ1) is 13.6. The number of carbonyl (C=O) groups excluding carboxylic acids is 2. The third kappa shape index (κ3) is 3.22. The average molecular weight is 436 g/mol. The van der Waals surface area contributed by atoms with Crippen LogP contribution in [-0.4, -0.2) is 25.0 Å². The van der Waals surface area contributed by atoms with Gasteiger partial charge in [0.25, 0.3) is 5.91 Å². The van der Waals surface area contributed by atoms with Gasteiger partial charge in [0, 0.05) is 16.0 Å². The molecule has 0 spiro atoms. The normalized spacial score (nSPS) is 13.4. The smallest absolute Gasteiger partial charge is 0.329 e. The fourth-order valence-corrected chi connectivity index (χ4v) is 4.21. The molecule has 3 aromatic rings. The molecular weight excluding hydrogens is 418 g/mol. The number of nitrogens with one attached hydrogen (secondary N) is 1. The van der Waals surface area contributed by atoms with Crippen LogP contribution in [0.1, 0.15) is 27.4 Å². The number of amides is 1. The molecule has 28 heavy (non-hydrogen) atoms. The minimum absolute atomic E-state index is 0.309. The molecule has 0 saturated carbocycles. The van der Waals surface area contributed by atoms with Crippen molar-refractivity contribution in [1.29, 1.82) is 0 Å². The second-order valence-electron chi connectivity index (χ2n) is 6.64. The van der Waals surface area contributed by atoms with Gasteiger partial charge in [0.15, 0.2) is 0 Å². The molecule has 3 aromatic carbocycles. The molecule has 1 N–H and O–H groups in total. The van der Waals surface area contributed by atoms with E-state index >= 15 is 0 Å². The minimum Gasteiger partial charge on any atom is -0.467 e. The zero-order valence-electron chi connectivity index (χ0n) is 15.2. The predicted octanol–water partition coefficient (Wildman–Crippen LogP) is 4.53. The highest BCUT2D eigenvalue weighted by molar-refractivity contribution is 9.10. The third-order valence-corrected chi connectivity index (χ3v) is 5.54. The maximum absolute atomic E-state index is 12.9. The van der Waals surface area contributed by atoms with E-state index in [0.717, 1.165) is 26.7 Å². The van der Waals surface area contributed by atoms with Crippen LogP contribution >= 0.6 is 15.9 Å². The highest BCUT2D eigenvalue weighted by Crippen LogP contribution is 2.46. The van der Waals surface area contributed by atoms with Gasteiger partial charge in [-0.15, -0.1) is 0 Å². The average Bonchev–Trinajstić information content (AvgIpc) is 3.06. The Morgan fingerprint density at radius 3 is 2.11 bits per heavy atom. The van der Waals surface area contributed by atoms with E-state index in [4.69, 9.17) is 4.74 Å². The van der Waals surface area contributed by atoms with Gasteiger partial charge in [0.2, 0.25) is 0 Å². The van der Waals surface area contributed by atoms with Crippen molar-refractivity contribution in [2.24, 2.45) is 0 Å². The quantitative estimate of drug-likeness (QED) is 0.612. The van der Waals surface area contributed by atoms with Crippen molar-refractivity contribution >= 4 is 27.8 Å². The van der Waals surface area contributed by atoms with Gasteiger partial charge in [-0.25, -0.2) is 4.79 Å². The topological polar surface area (TPSA) is 55.4 Å². The molecule has 0 aromatic heterocycles. The maximum Gasteiger partial charge on any atom is 0.329 e. The highest BCUT2D eigenvalue weighted by Gasteiger charge is 2.39. The predicted molar refractivity (Wildman–Crippen MR) is 111 cm³/mol. The van der Waals surface area contributed by atoms with Gasteiger partial charge in [0.05, 0.1) is 7.11 Å². The van der Waals surface area contributed by atoms with Gasteiger partial charge in [-0.3, -0.25) is 4.79 Å². The molecule has 5 heteroatoms. The monoisotopic (exact) mass is 435 g/mol. The Morgan fingerprint density at radius 1 is 0.929 bits per heavy atom. The summed E-state index contributed by atoms with van der Waals surface area (Å²) in [5.41, 5.74) is 4.65. The minimum atomic E-state index is -0.832. The number of halogens is 1. The number of fused-ring (bicyclic) bond motifs is 3. The van der Waals surface area contributed by atoms with Crippen LogP contribution < -0.4 is 5.32 Å². The first kappa shape index (κ1) is 18.4. The van der Waals surface area contributed by atoms with Crippen LogP contribution in [0.3, 0.4) is 0 Å². The largest absolute Gasteiger partial charge is 0.467 e. The number of rotatable bonds is 4. The zero-order chi connectivity index (χ0) is 19.7. The van der Waals surface area contributed by atoms with Crippen molar-refractivity contribution in [2.45, 2.75) is 12.0 Å². The number of hydrogen-bond donors (Lipinski definition) is 1. The summed E-state index contributed by atoms with van der Waals surface area (Å²) in [7, 11) is 1.34. The first-order valence-corrected chi connectivity index (χ1v) is 9.72. The summed E-state index contributed by atoms with van der Waals surface area (Å²) in [6.45, 7) is 0. The molecule has 0 aliphatic heterocycles. The van der Waals surface area contributed by atoms with Crippen LogP contribution in [0.4, 0.5) is 0 Å². The summed E-state index contributed by atoms with van der Waals surface area (Å²) in [6, 6.07) is 22.2. The molecular formula is C23H18BrNO3. The third-order valence-electron chi connectivity index (χ3n) is 5.04. The van der Waals surface area contributed by atoms with Crippen molar-refractivity contribution in [1.82, 2.24) is 5.32 Å². The van der Waals surface area contributed by atoms with Crippen molar-refractivity contribution in [3.63, 3.8) is 0 Å². The Morgan fingerprint density at radius 2 is 1.54 bits per heavy atom. The zero-order valence-corrected chi connectivity index (χ0v) is 16.8.